The second-order valence-corrected chi connectivity index (χ2v) is 8.29. The number of benzene rings is 3. The van der Waals surface area contributed by atoms with E-state index in [2.05, 4.69) is 0 Å². The number of carbonyl (C=O) groups excluding carboxylic acids is 1. The van der Waals surface area contributed by atoms with Crippen molar-refractivity contribution in [2.45, 2.75) is 11.8 Å². The molecule has 0 fully saturated rings. The average Bonchev–Trinajstić information content (AvgIpc) is 2.73. The Morgan fingerprint density at radius 1 is 0.821 bits per heavy atom. The van der Waals surface area contributed by atoms with Crippen LogP contribution in [0.3, 0.4) is 0 Å². The maximum atomic E-state index is 13.3. The fraction of sp³-hybridized carbons (Fsp3) is 0.0870. The van der Waals surface area contributed by atoms with E-state index in [9.17, 15) is 13.2 Å². The highest BCUT2D eigenvalue weighted by Gasteiger charge is 2.25. The highest BCUT2D eigenvalue weighted by atomic mass is 32.2. The predicted molar refractivity (Wildman–Crippen MR) is 113 cm³/mol. The van der Waals surface area contributed by atoms with Crippen LogP contribution in [-0.2, 0) is 14.6 Å². The van der Waals surface area contributed by atoms with Crippen LogP contribution in [-0.4, -0.2) is 21.4 Å². The Morgan fingerprint density at radius 2 is 1.36 bits per heavy atom. The van der Waals surface area contributed by atoms with Gasteiger partial charge in [0, 0.05) is 18.8 Å². The molecule has 0 saturated heterocycles. The SMILES string of the molecule is Cc1ccccc1/C(=C\C(=O)N(C)c1ccccc1)S(=O)(=O)c1ccccc1. The smallest absolute Gasteiger partial charge is 0.252 e. The van der Waals surface area contributed by atoms with Crippen LogP contribution in [0.15, 0.2) is 95.9 Å². The van der Waals surface area contributed by atoms with E-state index < -0.39 is 15.7 Å². The molecule has 0 radical (unpaired) electrons. The Kier molecular flexibility index (Phi) is 5.76. The number of carbonyl (C=O) groups is 1. The van der Waals surface area contributed by atoms with Gasteiger partial charge in [-0.15, -0.1) is 0 Å². The van der Waals surface area contributed by atoms with Crippen LogP contribution in [0.2, 0.25) is 0 Å². The number of hydrogen-bond donors (Lipinski definition) is 0. The summed E-state index contributed by atoms with van der Waals surface area (Å²) >= 11 is 0. The normalized spacial score (nSPS) is 11.9. The van der Waals surface area contributed by atoms with Crippen LogP contribution in [0.25, 0.3) is 4.91 Å². The zero-order chi connectivity index (χ0) is 20.1. The van der Waals surface area contributed by atoms with Gasteiger partial charge >= 0.3 is 0 Å². The van der Waals surface area contributed by atoms with Crippen LogP contribution in [0.1, 0.15) is 11.1 Å². The first-order valence-electron chi connectivity index (χ1n) is 8.82. The van der Waals surface area contributed by atoms with Crippen molar-refractivity contribution in [3.05, 3.63) is 102 Å². The Morgan fingerprint density at radius 3 is 1.96 bits per heavy atom. The largest absolute Gasteiger partial charge is 0.312 e. The summed E-state index contributed by atoms with van der Waals surface area (Å²) in [6, 6.07) is 24.4. The molecule has 3 rings (SSSR count). The summed E-state index contributed by atoms with van der Waals surface area (Å²) in [6.07, 6.45) is 1.21. The number of anilines is 1. The first-order valence-corrected chi connectivity index (χ1v) is 10.3. The molecule has 1 amide bonds. The minimum atomic E-state index is -3.87. The summed E-state index contributed by atoms with van der Waals surface area (Å²) in [7, 11) is -2.25. The molecule has 4 nitrogen and oxygen atoms in total. The van der Waals surface area contributed by atoms with E-state index in [1.54, 1.807) is 49.5 Å². The fourth-order valence-electron chi connectivity index (χ4n) is 2.86. The molecule has 3 aromatic rings. The molecule has 28 heavy (non-hydrogen) atoms. The Labute approximate surface area is 165 Å². The second kappa shape index (κ2) is 8.23. The second-order valence-electron chi connectivity index (χ2n) is 6.37. The van der Waals surface area contributed by atoms with Gasteiger partial charge in [-0.05, 0) is 42.3 Å². The first-order chi connectivity index (χ1) is 13.4. The van der Waals surface area contributed by atoms with Gasteiger partial charge in [0.25, 0.3) is 5.91 Å². The topological polar surface area (TPSA) is 54.5 Å². The highest BCUT2D eigenvalue weighted by molar-refractivity contribution is 8.00. The van der Waals surface area contributed by atoms with E-state index >= 15 is 0 Å². The van der Waals surface area contributed by atoms with Crippen molar-refractivity contribution < 1.29 is 13.2 Å². The van der Waals surface area contributed by atoms with Gasteiger partial charge in [0.15, 0.2) is 0 Å². The quantitative estimate of drug-likeness (QED) is 0.603. The molecule has 0 heterocycles. The molecule has 0 spiro atoms. The zero-order valence-electron chi connectivity index (χ0n) is 15.7. The van der Waals surface area contributed by atoms with E-state index in [1.807, 2.05) is 37.3 Å². The maximum Gasteiger partial charge on any atom is 0.252 e. The van der Waals surface area contributed by atoms with Gasteiger partial charge in [-0.25, -0.2) is 8.42 Å². The number of para-hydroxylation sites is 1. The molecule has 0 aromatic heterocycles. The van der Waals surface area contributed by atoms with E-state index in [-0.39, 0.29) is 9.80 Å². The average molecular weight is 391 g/mol. The molecular weight excluding hydrogens is 370 g/mol. The van der Waals surface area contributed by atoms with Gasteiger partial charge in [-0.1, -0.05) is 60.7 Å². The van der Waals surface area contributed by atoms with Crippen molar-refractivity contribution in [2.24, 2.45) is 0 Å². The van der Waals surface area contributed by atoms with E-state index in [4.69, 9.17) is 0 Å². The van der Waals surface area contributed by atoms with Crippen LogP contribution >= 0.6 is 0 Å². The minimum absolute atomic E-state index is 0.00965. The number of rotatable bonds is 5. The van der Waals surface area contributed by atoms with E-state index in [1.165, 1.54) is 23.1 Å². The van der Waals surface area contributed by atoms with Crippen molar-refractivity contribution >= 4 is 26.3 Å². The maximum absolute atomic E-state index is 13.3. The van der Waals surface area contributed by atoms with Crippen LogP contribution < -0.4 is 4.90 Å². The summed E-state index contributed by atoms with van der Waals surface area (Å²) < 4.78 is 26.7. The van der Waals surface area contributed by atoms with Crippen molar-refractivity contribution in [1.29, 1.82) is 0 Å². The Bertz CT molecular complexity index is 1100. The lowest BCUT2D eigenvalue weighted by Crippen LogP contribution is -2.25. The monoisotopic (exact) mass is 391 g/mol. The van der Waals surface area contributed by atoms with Gasteiger partial charge in [-0.3, -0.25) is 4.79 Å². The van der Waals surface area contributed by atoms with Gasteiger partial charge in [0.2, 0.25) is 9.84 Å². The summed E-state index contributed by atoms with van der Waals surface area (Å²) in [5, 5.41) is 0. The molecule has 0 saturated carbocycles. The molecule has 0 unspecified atom stereocenters. The fourth-order valence-corrected chi connectivity index (χ4v) is 4.41. The molecule has 5 heteroatoms. The van der Waals surface area contributed by atoms with Gasteiger partial charge in [-0.2, -0.15) is 0 Å². The third-order valence-corrected chi connectivity index (χ3v) is 6.29. The minimum Gasteiger partial charge on any atom is -0.312 e. The summed E-state index contributed by atoms with van der Waals surface area (Å²) in [6.45, 7) is 1.83. The third kappa shape index (κ3) is 4.05. The van der Waals surface area contributed by atoms with Crippen molar-refractivity contribution in [3.8, 4) is 0 Å². The number of hydrogen-bond acceptors (Lipinski definition) is 3. The van der Waals surface area contributed by atoms with Gasteiger partial charge in [0.1, 0.15) is 0 Å². The summed E-state index contributed by atoms with van der Waals surface area (Å²) in [5.74, 6) is -0.413. The van der Waals surface area contributed by atoms with Crippen LogP contribution in [0.4, 0.5) is 5.69 Å². The lowest BCUT2D eigenvalue weighted by atomic mass is 10.1. The molecule has 3 aromatic carbocycles. The molecule has 0 aliphatic rings. The number of sulfone groups is 1. The van der Waals surface area contributed by atoms with Crippen molar-refractivity contribution in [1.82, 2.24) is 0 Å². The Hall–Kier alpha value is -3.18. The standard InChI is InChI=1S/C23H21NO3S/c1-18-11-9-10-16-21(18)22(28(26,27)20-14-7-4-8-15-20)17-23(25)24(2)19-12-5-3-6-13-19/h3-17H,1-2H3/b22-17+. The van der Waals surface area contributed by atoms with Crippen molar-refractivity contribution in [3.63, 3.8) is 0 Å². The predicted octanol–water partition coefficient (Wildman–Crippen LogP) is 4.47. The van der Waals surface area contributed by atoms with E-state index in [0.29, 0.717) is 11.3 Å². The third-order valence-electron chi connectivity index (χ3n) is 4.48. The molecule has 142 valence electrons. The number of nitrogens with zero attached hydrogens (tertiary/aromatic N) is 1. The molecule has 0 atom stereocenters. The zero-order valence-corrected chi connectivity index (χ0v) is 16.6. The summed E-state index contributed by atoms with van der Waals surface area (Å²) in [5.41, 5.74) is 1.98. The van der Waals surface area contributed by atoms with Gasteiger partial charge < -0.3 is 4.90 Å². The summed E-state index contributed by atoms with van der Waals surface area (Å²) in [4.78, 5) is 14.5. The Balaban J connectivity index is 2.13. The van der Waals surface area contributed by atoms with Gasteiger partial charge in [0.05, 0.1) is 9.80 Å². The lowest BCUT2D eigenvalue weighted by molar-refractivity contribution is -0.113. The van der Waals surface area contributed by atoms with Crippen molar-refractivity contribution in [2.75, 3.05) is 11.9 Å². The molecule has 0 N–H and O–H groups in total. The highest BCUT2D eigenvalue weighted by Crippen LogP contribution is 2.30. The molecule has 0 aliphatic heterocycles. The molecule has 0 aliphatic carbocycles. The van der Waals surface area contributed by atoms with Crippen LogP contribution in [0.5, 0.6) is 0 Å². The number of likely N-dealkylation sites (N-methyl/N-ethyl adjacent to an activating group) is 1. The van der Waals surface area contributed by atoms with Crippen LogP contribution in [0, 0.1) is 6.92 Å². The molecular formula is C23H21NO3S. The van der Waals surface area contributed by atoms with E-state index in [0.717, 1.165) is 5.56 Å². The first kappa shape index (κ1) is 19.6. The number of amides is 1. The lowest BCUT2D eigenvalue weighted by Gasteiger charge is -2.17. The number of aryl methyl sites for hydroxylation is 1. The molecule has 0 bridgehead atoms.